The molecule has 1 aromatic rings. The molecule has 20 heavy (non-hydrogen) atoms. The molecule has 2 unspecified atom stereocenters. The Balaban J connectivity index is 2.04. The van der Waals surface area contributed by atoms with E-state index < -0.39 is 18.0 Å². The predicted octanol–water partition coefficient (Wildman–Crippen LogP) is 0.302. The summed E-state index contributed by atoms with van der Waals surface area (Å²) in [5.74, 6) is 0.629. The molecule has 7 heteroatoms. The third-order valence-electron chi connectivity index (χ3n) is 3.04. The Bertz CT molecular complexity index is 532. The number of hydrogen-bond donors (Lipinski definition) is 3. The van der Waals surface area contributed by atoms with E-state index in [1.165, 1.54) is 6.92 Å². The quantitative estimate of drug-likeness (QED) is 0.735. The van der Waals surface area contributed by atoms with Crippen LogP contribution in [0.1, 0.15) is 18.5 Å². The topological polar surface area (TPSA) is 103 Å². The van der Waals surface area contributed by atoms with E-state index in [0.717, 1.165) is 11.3 Å². The van der Waals surface area contributed by atoms with E-state index >= 15 is 0 Å². The van der Waals surface area contributed by atoms with Crippen LogP contribution in [0.3, 0.4) is 0 Å². The summed E-state index contributed by atoms with van der Waals surface area (Å²) in [7, 11) is 1.86. The molecule has 0 radical (unpaired) electrons. The summed E-state index contributed by atoms with van der Waals surface area (Å²) >= 11 is 0. The molecule has 1 aromatic carbocycles. The molecule has 0 saturated heterocycles. The van der Waals surface area contributed by atoms with Crippen molar-refractivity contribution in [3.8, 4) is 11.5 Å². The number of imide groups is 1. The number of nitrogens with two attached hydrogens (primary N) is 1. The molecule has 7 nitrogen and oxygen atoms in total. The number of nitrogens with one attached hydrogen (secondary N) is 2. The van der Waals surface area contributed by atoms with E-state index in [0.29, 0.717) is 12.4 Å². The third kappa shape index (κ3) is 3.00. The van der Waals surface area contributed by atoms with Crippen LogP contribution in [0.5, 0.6) is 11.5 Å². The van der Waals surface area contributed by atoms with Crippen molar-refractivity contribution in [2.24, 2.45) is 5.73 Å². The van der Waals surface area contributed by atoms with Crippen molar-refractivity contribution in [2.75, 3.05) is 13.7 Å². The van der Waals surface area contributed by atoms with E-state index in [1.807, 2.05) is 18.4 Å². The molecule has 0 bridgehead atoms. The van der Waals surface area contributed by atoms with Crippen molar-refractivity contribution in [1.29, 1.82) is 0 Å². The Morgan fingerprint density at radius 3 is 2.90 bits per heavy atom. The first-order chi connectivity index (χ1) is 9.51. The molecule has 0 saturated carbocycles. The highest BCUT2D eigenvalue weighted by molar-refractivity contribution is 5.95. The second kappa shape index (κ2) is 5.79. The van der Waals surface area contributed by atoms with Crippen LogP contribution in [-0.2, 0) is 4.79 Å². The second-order valence-corrected chi connectivity index (χ2v) is 4.47. The van der Waals surface area contributed by atoms with Crippen LogP contribution in [0.25, 0.3) is 0 Å². The van der Waals surface area contributed by atoms with E-state index in [1.54, 1.807) is 12.1 Å². The molecule has 0 aliphatic carbocycles. The first-order valence-corrected chi connectivity index (χ1v) is 6.22. The maximum absolute atomic E-state index is 11.5. The van der Waals surface area contributed by atoms with Gasteiger partial charge in [-0.05, 0) is 26.1 Å². The van der Waals surface area contributed by atoms with E-state index in [2.05, 4.69) is 5.32 Å². The van der Waals surface area contributed by atoms with Gasteiger partial charge in [-0.15, -0.1) is 0 Å². The normalized spacial score (nSPS) is 17.8. The van der Waals surface area contributed by atoms with Gasteiger partial charge in [0.15, 0.2) is 6.10 Å². The molecule has 1 heterocycles. The van der Waals surface area contributed by atoms with Crippen molar-refractivity contribution in [2.45, 2.75) is 19.1 Å². The van der Waals surface area contributed by atoms with Crippen molar-refractivity contribution >= 4 is 11.9 Å². The summed E-state index contributed by atoms with van der Waals surface area (Å²) in [6.45, 7) is 2.09. The van der Waals surface area contributed by atoms with Gasteiger partial charge in [-0.1, -0.05) is 0 Å². The summed E-state index contributed by atoms with van der Waals surface area (Å²) in [6.07, 6.45) is -0.831. The number of amides is 3. The summed E-state index contributed by atoms with van der Waals surface area (Å²) in [5, 5.41) is 5.10. The highest BCUT2D eigenvalue weighted by Crippen LogP contribution is 2.35. The SMILES string of the molecule is CNC1COc2cc(OC(C)C(=O)NC(N)=O)ccc21. The van der Waals surface area contributed by atoms with Crippen molar-refractivity contribution < 1.29 is 19.1 Å². The van der Waals surface area contributed by atoms with Crippen LogP contribution < -0.4 is 25.8 Å². The second-order valence-electron chi connectivity index (χ2n) is 4.47. The number of benzene rings is 1. The van der Waals surface area contributed by atoms with Crippen molar-refractivity contribution in [1.82, 2.24) is 10.6 Å². The lowest BCUT2D eigenvalue weighted by atomic mass is 10.1. The Kier molecular flexibility index (Phi) is 4.09. The van der Waals surface area contributed by atoms with Gasteiger partial charge in [0.1, 0.15) is 18.1 Å². The summed E-state index contributed by atoms with van der Waals surface area (Å²) < 4.78 is 11.0. The van der Waals surface area contributed by atoms with Crippen LogP contribution >= 0.6 is 0 Å². The first-order valence-electron chi connectivity index (χ1n) is 6.22. The zero-order valence-electron chi connectivity index (χ0n) is 11.3. The molecule has 3 amide bonds. The van der Waals surface area contributed by atoms with Crippen LogP contribution in [0.15, 0.2) is 18.2 Å². The van der Waals surface area contributed by atoms with Crippen LogP contribution in [0.2, 0.25) is 0 Å². The summed E-state index contributed by atoms with van der Waals surface area (Å²) in [6, 6.07) is 4.62. The number of ether oxygens (including phenoxy) is 2. The lowest BCUT2D eigenvalue weighted by Gasteiger charge is -2.14. The maximum atomic E-state index is 11.5. The molecule has 2 atom stereocenters. The molecule has 108 valence electrons. The fraction of sp³-hybridized carbons (Fsp3) is 0.385. The van der Waals surface area contributed by atoms with Crippen LogP contribution in [0.4, 0.5) is 4.79 Å². The van der Waals surface area contributed by atoms with Gasteiger partial charge >= 0.3 is 6.03 Å². The largest absolute Gasteiger partial charge is 0.491 e. The van der Waals surface area contributed by atoms with E-state index in [9.17, 15) is 9.59 Å². The smallest absolute Gasteiger partial charge is 0.318 e. The number of carbonyl (C=O) groups is 2. The zero-order valence-corrected chi connectivity index (χ0v) is 11.3. The molecule has 4 N–H and O–H groups in total. The van der Waals surface area contributed by atoms with E-state index in [4.69, 9.17) is 15.2 Å². The average molecular weight is 279 g/mol. The highest BCUT2D eigenvalue weighted by Gasteiger charge is 2.24. The van der Waals surface area contributed by atoms with Gasteiger partial charge in [0.05, 0.1) is 6.04 Å². The number of fused-ring (bicyclic) bond motifs is 1. The number of carbonyl (C=O) groups excluding carboxylic acids is 2. The highest BCUT2D eigenvalue weighted by atomic mass is 16.5. The number of urea groups is 1. The lowest BCUT2D eigenvalue weighted by molar-refractivity contribution is -0.126. The average Bonchev–Trinajstić information content (AvgIpc) is 2.80. The monoisotopic (exact) mass is 279 g/mol. The van der Waals surface area contributed by atoms with E-state index in [-0.39, 0.29) is 6.04 Å². The fourth-order valence-electron chi connectivity index (χ4n) is 1.98. The Labute approximate surface area is 116 Å². The molecule has 0 fully saturated rings. The number of primary amides is 1. The minimum atomic E-state index is -0.903. The molecule has 0 spiro atoms. The predicted molar refractivity (Wildman–Crippen MR) is 71.6 cm³/mol. The Morgan fingerprint density at radius 1 is 1.50 bits per heavy atom. The third-order valence-corrected chi connectivity index (χ3v) is 3.04. The van der Waals surface area contributed by atoms with Gasteiger partial charge in [0.2, 0.25) is 0 Å². The number of likely N-dealkylation sites (N-methyl/N-ethyl adjacent to an activating group) is 1. The summed E-state index contributed by atoms with van der Waals surface area (Å²) in [4.78, 5) is 22.1. The molecular formula is C13H17N3O4. The number of hydrogen-bond acceptors (Lipinski definition) is 5. The van der Waals surface area contributed by atoms with Crippen LogP contribution in [0, 0.1) is 0 Å². The van der Waals surface area contributed by atoms with Gasteiger partial charge in [-0.2, -0.15) is 0 Å². The standard InChI is InChI=1S/C13H17N3O4/c1-7(12(17)16-13(14)18)20-8-3-4-9-10(15-2)6-19-11(9)5-8/h3-5,7,10,15H,6H2,1-2H3,(H3,14,16,17,18). The fourth-order valence-corrected chi connectivity index (χ4v) is 1.98. The molecule has 0 aromatic heterocycles. The minimum Gasteiger partial charge on any atom is -0.491 e. The lowest BCUT2D eigenvalue weighted by Crippen LogP contribution is -2.42. The molecular weight excluding hydrogens is 262 g/mol. The van der Waals surface area contributed by atoms with Gasteiger partial charge in [0, 0.05) is 11.6 Å². The van der Waals surface area contributed by atoms with Gasteiger partial charge < -0.3 is 20.5 Å². The molecule has 1 aliphatic rings. The molecule has 2 rings (SSSR count). The van der Waals surface area contributed by atoms with Crippen molar-refractivity contribution in [3.05, 3.63) is 23.8 Å². The molecule has 1 aliphatic heterocycles. The van der Waals surface area contributed by atoms with Gasteiger partial charge in [-0.25, -0.2) is 4.79 Å². The first kappa shape index (κ1) is 14.1. The Morgan fingerprint density at radius 2 is 2.25 bits per heavy atom. The Hall–Kier alpha value is -2.28. The minimum absolute atomic E-state index is 0.162. The zero-order chi connectivity index (χ0) is 14.7. The summed E-state index contributed by atoms with van der Waals surface area (Å²) in [5.41, 5.74) is 5.93. The van der Waals surface area contributed by atoms with Gasteiger partial charge in [-0.3, -0.25) is 10.1 Å². The van der Waals surface area contributed by atoms with Crippen molar-refractivity contribution in [3.63, 3.8) is 0 Å². The van der Waals surface area contributed by atoms with Gasteiger partial charge in [0.25, 0.3) is 5.91 Å². The van der Waals surface area contributed by atoms with Crippen LogP contribution in [-0.4, -0.2) is 31.7 Å². The maximum Gasteiger partial charge on any atom is 0.318 e. The number of rotatable bonds is 4.